The molecule has 8 aromatic rings. The fourth-order valence-electron chi connectivity index (χ4n) is 10.9. The fourth-order valence-corrected chi connectivity index (χ4v) is 12.3. The monoisotopic (exact) mass is 1150 g/mol. The second-order valence-electron chi connectivity index (χ2n) is 20.3. The Bertz CT molecular complexity index is 3400. The van der Waals surface area contributed by atoms with Crippen LogP contribution in [0.25, 0.3) is 33.2 Å². The number of hydrogen-bond donors (Lipinski definition) is 2. The minimum atomic E-state index is -0.571. The van der Waals surface area contributed by atoms with E-state index in [-0.39, 0.29) is 77.7 Å². The maximum atomic E-state index is 14.2. The number of halogens is 4. The van der Waals surface area contributed by atoms with Gasteiger partial charge in [-0.15, -0.1) is 0 Å². The van der Waals surface area contributed by atoms with Gasteiger partial charge in [0, 0.05) is 51.1 Å². The summed E-state index contributed by atoms with van der Waals surface area (Å²) in [5.41, 5.74) is 6.23. The molecule has 6 aromatic carbocycles. The predicted molar refractivity (Wildman–Crippen MR) is 298 cm³/mol. The molecule has 2 N–H and O–H groups in total. The highest BCUT2D eigenvalue weighted by Crippen LogP contribution is 2.57. The Balaban J connectivity index is 0.000000150. The van der Waals surface area contributed by atoms with Gasteiger partial charge in [-0.25, -0.2) is 18.1 Å². The average molecular weight is 1150 g/mol. The third-order valence-corrected chi connectivity index (χ3v) is 16.4. The van der Waals surface area contributed by atoms with Crippen molar-refractivity contribution in [3.05, 3.63) is 181 Å². The Hall–Kier alpha value is -7.04. The number of alkyl halides is 2. The van der Waals surface area contributed by atoms with Crippen molar-refractivity contribution >= 4 is 88.7 Å². The number of aromatic nitrogens is 4. The van der Waals surface area contributed by atoms with Crippen LogP contribution in [0.2, 0.25) is 0 Å². The van der Waals surface area contributed by atoms with Gasteiger partial charge in [0.25, 0.3) is 0 Å². The lowest BCUT2D eigenvalue weighted by Gasteiger charge is -2.41. The molecule has 0 bridgehead atoms. The molecule has 5 fully saturated rings. The van der Waals surface area contributed by atoms with Crippen LogP contribution in [0, 0.1) is 28.9 Å². The zero-order chi connectivity index (χ0) is 52.5. The van der Waals surface area contributed by atoms with Gasteiger partial charge in [0.1, 0.15) is 11.6 Å². The molecule has 0 unspecified atom stereocenters. The maximum absolute atomic E-state index is 14.2. The van der Waals surface area contributed by atoms with Gasteiger partial charge in [-0.3, -0.25) is 19.2 Å². The number of nitrogens with one attached hydrogen (secondary N) is 2. The van der Waals surface area contributed by atoms with Crippen LogP contribution >= 0.6 is 31.9 Å². The molecule has 3 aliphatic carbocycles. The van der Waals surface area contributed by atoms with E-state index in [1.807, 2.05) is 102 Å². The van der Waals surface area contributed by atoms with Crippen molar-refractivity contribution in [2.45, 2.75) is 82.0 Å². The normalized spacial score (nSPS) is 20.5. The summed E-state index contributed by atoms with van der Waals surface area (Å²) in [4.78, 5) is 56.6. The molecule has 4 amide bonds. The van der Waals surface area contributed by atoms with E-state index in [9.17, 15) is 28.0 Å². The van der Waals surface area contributed by atoms with Crippen LogP contribution < -0.4 is 20.4 Å². The molecule has 13 rings (SSSR count). The number of fused-ring (bicyclic) bond motifs is 2. The van der Waals surface area contributed by atoms with Crippen molar-refractivity contribution < 1.29 is 28.0 Å². The highest BCUT2D eigenvalue weighted by atomic mass is 79.9. The van der Waals surface area contributed by atoms with Crippen LogP contribution in [-0.4, -0.2) is 65.9 Å². The van der Waals surface area contributed by atoms with Gasteiger partial charge in [0.2, 0.25) is 23.6 Å². The first-order valence-electron chi connectivity index (χ1n) is 26.0. The van der Waals surface area contributed by atoms with Crippen LogP contribution in [0.3, 0.4) is 0 Å². The number of hydrogen-bond acceptors (Lipinski definition) is 6. The lowest BCUT2D eigenvalue weighted by atomic mass is 9.63. The van der Waals surface area contributed by atoms with Gasteiger partial charge in [0.05, 0.1) is 64.4 Å². The summed E-state index contributed by atoms with van der Waals surface area (Å²) in [7, 11) is 0. The van der Waals surface area contributed by atoms with Crippen molar-refractivity contribution in [1.29, 1.82) is 0 Å². The highest BCUT2D eigenvalue weighted by molar-refractivity contribution is 9.09. The van der Waals surface area contributed by atoms with Crippen molar-refractivity contribution in [3.63, 3.8) is 0 Å². The Morgan fingerprint density at radius 1 is 0.579 bits per heavy atom. The number of nitrogens with zero attached hydrogens (tertiary/aromatic N) is 6. The van der Waals surface area contributed by atoms with Crippen LogP contribution in [0.4, 0.5) is 20.2 Å². The molecule has 388 valence electrons. The zero-order valence-corrected chi connectivity index (χ0v) is 44.8. The van der Waals surface area contributed by atoms with Crippen LogP contribution in [0.1, 0.15) is 81.0 Å². The first-order valence-corrected chi connectivity index (χ1v) is 28.3. The van der Waals surface area contributed by atoms with Gasteiger partial charge in [-0.2, -0.15) is 10.2 Å². The molecule has 76 heavy (non-hydrogen) atoms. The van der Waals surface area contributed by atoms with E-state index < -0.39 is 5.41 Å². The summed E-state index contributed by atoms with van der Waals surface area (Å²) in [5, 5.41) is 19.4. The smallest absolute Gasteiger partial charge is 0.236 e. The molecular weight excluding hydrogens is 1090 g/mol. The fraction of sp³-hybridized carbons (Fsp3) is 0.300. The van der Waals surface area contributed by atoms with Gasteiger partial charge in [-0.05, 0) is 141 Å². The Labute approximate surface area is 456 Å². The largest absolute Gasteiger partial charge is 0.350 e. The van der Waals surface area contributed by atoms with E-state index in [2.05, 4.69) is 52.7 Å². The number of amides is 4. The topological polar surface area (TPSA) is 134 Å². The summed E-state index contributed by atoms with van der Waals surface area (Å²) < 4.78 is 30.3. The summed E-state index contributed by atoms with van der Waals surface area (Å²) in [6.07, 6.45) is 11.2. The highest BCUT2D eigenvalue weighted by Gasteiger charge is 2.63. The first kappa shape index (κ1) is 51.1. The lowest BCUT2D eigenvalue weighted by molar-refractivity contribution is -0.132. The second-order valence-corrected chi connectivity index (χ2v) is 21.9. The van der Waals surface area contributed by atoms with E-state index in [0.717, 1.165) is 111 Å². The summed E-state index contributed by atoms with van der Waals surface area (Å²) in [5.74, 6) is -0.278. The molecule has 3 saturated carbocycles. The molecule has 4 atom stereocenters. The molecule has 2 aromatic heterocycles. The van der Waals surface area contributed by atoms with Gasteiger partial charge in [0.15, 0.2) is 0 Å². The number of benzene rings is 6. The molecule has 12 nitrogen and oxygen atoms in total. The maximum Gasteiger partial charge on any atom is 0.236 e. The first-order chi connectivity index (χ1) is 37.0. The molecule has 0 radical (unpaired) electrons. The molecular formula is C60H56Br2F2N8O4. The lowest BCUT2D eigenvalue weighted by Crippen LogP contribution is -2.53. The number of anilines is 2. The van der Waals surface area contributed by atoms with Gasteiger partial charge < -0.3 is 20.4 Å². The molecule has 16 heteroatoms. The van der Waals surface area contributed by atoms with Gasteiger partial charge in [-0.1, -0.05) is 98.9 Å². The molecule has 4 heterocycles. The molecule has 5 aliphatic rings. The molecule has 2 aliphatic heterocycles. The number of carbonyl (C=O) groups is 4. The summed E-state index contributed by atoms with van der Waals surface area (Å²) >= 11 is 6.56. The van der Waals surface area contributed by atoms with Crippen LogP contribution in [-0.2, 0) is 19.2 Å². The quantitative estimate of drug-likeness (QED) is 0.117. The molecule has 2 saturated heterocycles. The van der Waals surface area contributed by atoms with E-state index in [1.54, 1.807) is 50.9 Å². The zero-order valence-electron chi connectivity index (χ0n) is 41.6. The standard InChI is InChI=1S/C30H27FN4O2.C27H23FN4O2.C3H6Br2/c31-22-9-11-23(12-10-22)35-25-14-13-24(17-21(25)18-32-35)34-26(19-5-2-1-3-6-19)27(33-28(36)20-7-8-20)30(29(34)37)15-4-16-30;28-20-8-10-21(11-9-20)32-24-13-12-22(14-19(24)16-29-32)31-25(33)15-23(30-27(34)18-6-7-18)26(31)17-4-2-1-3-5-17;4-2-1-3-5/h1-3,5-6,9-14,17-18,20,26-27H,4,7-8,15-16H2,(H,33,36);1-5,8-14,16,18,23,26H,6-7,15H2,(H,30,34);1-3H2/t26-,27-;23-,26+;/m10./s1. The van der Waals surface area contributed by atoms with E-state index in [4.69, 9.17) is 0 Å². The van der Waals surface area contributed by atoms with Crippen LogP contribution in [0.15, 0.2) is 158 Å². The predicted octanol–water partition coefficient (Wildman–Crippen LogP) is 12.0. The second kappa shape index (κ2) is 21.9. The Kier molecular flexibility index (Phi) is 14.7. The van der Waals surface area contributed by atoms with E-state index in [0.29, 0.717) is 0 Å². The van der Waals surface area contributed by atoms with Crippen molar-refractivity contribution in [1.82, 2.24) is 30.2 Å². The number of rotatable bonds is 12. The average Bonchev–Trinajstić information content (AvgIpc) is 4.39. The SMILES string of the molecule is BrCCCBr.O=C(N[C@@H]1[C@@H](c2ccccc2)N(c2ccc3c(cnn3-c3ccc(F)cc3)c2)C(=O)C12CCC2)C1CC1.O=C(N[C@H]1CC(=O)N(c2ccc3c(cnn3-c3ccc(F)cc3)c2)[C@@H]1c1ccccc1)C1CC1. The van der Waals surface area contributed by atoms with Gasteiger partial charge >= 0.3 is 0 Å². The summed E-state index contributed by atoms with van der Waals surface area (Å²) in [6.45, 7) is 0. The third-order valence-electron chi connectivity index (χ3n) is 15.3. The van der Waals surface area contributed by atoms with Crippen LogP contribution in [0.5, 0.6) is 0 Å². The number of carbonyl (C=O) groups excluding carboxylic acids is 4. The van der Waals surface area contributed by atoms with E-state index in [1.165, 1.54) is 30.7 Å². The third kappa shape index (κ3) is 10.2. The summed E-state index contributed by atoms with van der Waals surface area (Å²) in [6, 6.07) is 42.8. The Morgan fingerprint density at radius 2 is 1.04 bits per heavy atom. The van der Waals surface area contributed by atoms with Crippen molar-refractivity contribution in [3.8, 4) is 11.4 Å². The van der Waals surface area contributed by atoms with Crippen molar-refractivity contribution in [2.24, 2.45) is 17.3 Å². The minimum absolute atomic E-state index is 0.0276. The molecule has 1 spiro atoms. The van der Waals surface area contributed by atoms with Crippen molar-refractivity contribution in [2.75, 3.05) is 20.5 Å². The Morgan fingerprint density at radius 3 is 1.49 bits per heavy atom. The van der Waals surface area contributed by atoms with E-state index >= 15 is 0 Å². The minimum Gasteiger partial charge on any atom is -0.350 e.